The fourth-order valence-electron chi connectivity index (χ4n) is 5.16. The van der Waals surface area contributed by atoms with Crippen LogP contribution in [0.1, 0.15) is 25.7 Å². The number of carbonyl (C=O) groups excluding carboxylic acids is 1. The van der Waals surface area contributed by atoms with Gasteiger partial charge in [-0.1, -0.05) is 28.1 Å². The number of nitrogens with one attached hydrogen (secondary N) is 1. The lowest BCUT2D eigenvalue weighted by Gasteiger charge is -2.42. The SMILES string of the molecule is COc1ccc(NC(=O)N2CCN(C(C)c3nc4ccccc4c(=O)n3-c3ccc(Br)cc3)CC2C)c(OC)c1. The van der Waals surface area contributed by atoms with E-state index in [0.717, 1.165) is 10.2 Å². The number of anilines is 1. The zero-order valence-corrected chi connectivity index (χ0v) is 24.5. The maximum atomic E-state index is 13.7. The lowest BCUT2D eigenvalue weighted by molar-refractivity contribution is 0.0801. The molecule has 2 atom stereocenters. The Morgan fingerprint density at radius 1 is 1.05 bits per heavy atom. The Labute approximate surface area is 241 Å². The molecule has 1 fully saturated rings. The quantitative estimate of drug-likeness (QED) is 0.314. The van der Waals surface area contributed by atoms with Crippen molar-refractivity contribution in [3.8, 4) is 17.2 Å². The molecule has 5 rings (SSSR count). The summed E-state index contributed by atoms with van der Waals surface area (Å²) in [7, 11) is 3.14. The zero-order valence-electron chi connectivity index (χ0n) is 22.9. The normalized spacial score (nSPS) is 16.5. The van der Waals surface area contributed by atoms with Gasteiger partial charge in [-0.3, -0.25) is 14.3 Å². The topological polar surface area (TPSA) is 88.9 Å². The molecule has 2 heterocycles. The van der Waals surface area contributed by atoms with Crippen LogP contribution in [0, 0.1) is 0 Å². The minimum Gasteiger partial charge on any atom is -0.497 e. The first-order valence-electron chi connectivity index (χ1n) is 13.1. The predicted molar refractivity (Wildman–Crippen MR) is 160 cm³/mol. The number of amides is 2. The van der Waals surface area contributed by atoms with E-state index in [9.17, 15) is 9.59 Å². The number of para-hydroxylation sites is 1. The summed E-state index contributed by atoms with van der Waals surface area (Å²) < 4.78 is 13.3. The van der Waals surface area contributed by atoms with Gasteiger partial charge in [0.15, 0.2) is 0 Å². The third-order valence-corrected chi connectivity index (χ3v) is 7.91. The Hall–Kier alpha value is -3.89. The number of rotatable bonds is 6. The Kier molecular flexibility index (Phi) is 8.09. The molecule has 40 heavy (non-hydrogen) atoms. The van der Waals surface area contributed by atoms with E-state index < -0.39 is 0 Å². The molecular formula is C30H32BrN5O4. The first kappa shape index (κ1) is 27.7. The van der Waals surface area contributed by atoms with Crippen LogP contribution in [0.4, 0.5) is 10.5 Å². The molecular weight excluding hydrogens is 574 g/mol. The van der Waals surface area contributed by atoms with Gasteiger partial charge in [0.1, 0.15) is 17.3 Å². The van der Waals surface area contributed by atoms with E-state index in [0.29, 0.717) is 53.5 Å². The number of nitrogens with zero attached hydrogens (tertiary/aromatic N) is 4. The van der Waals surface area contributed by atoms with Crippen molar-refractivity contribution >= 4 is 38.6 Å². The van der Waals surface area contributed by atoms with Gasteiger partial charge in [0.2, 0.25) is 0 Å². The zero-order chi connectivity index (χ0) is 28.4. The van der Waals surface area contributed by atoms with Crippen molar-refractivity contribution in [1.82, 2.24) is 19.4 Å². The lowest BCUT2D eigenvalue weighted by Crippen LogP contribution is -2.55. The van der Waals surface area contributed by atoms with Crippen molar-refractivity contribution in [3.05, 3.63) is 87.4 Å². The van der Waals surface area contributed by atoms with Crippen LogP contribution in [0.3, 0.4) is 0 Å². The average Bonchev–Trinajstić information content (AvgIpc) is 2.97. The molecule has 0 radical (unpaired) electrons. The van der Waals surface area contributed by atoms with Crippen molar-refractivity contribution < 1.29 is 14.3 Å². The van der Waals surface area contributed by atoms with Crippen LogP contribution >= 0.6 is 15.9 Å². The number of hydrogen-bond donors (Lipinski definition) is 1. The number of methoxy groups -OCH3 is 2. The first-order chi connectivity index (χ1) is 19.3. The fourth-order valence-corrected chi connectivity index (χ4v) is 5.43. The smallest absolute Gasteiger partial charge is 0.322 e. The van der Waals surface area contributed by atoms with Crippen molar-refractivity contribution in [3.63, 3.8) is 0 Å². The Morgan fingerprint density at radius 2 is 1.80 bits per heavy atom. The summed E-state index contributed by atoms with van der Waals surface area (Å²) in [6.07, 6.45) is 0. The summed E-state index contributed by atoms with van der Waals surface area (Å²) in [5, 5.41) is 3.55. The van der Waals surface area contributed by atoms with Crippen molar-refractivity contribution in [1.29, 1.82) is 0 Å². The van der Waals surface area contributed by atoms with Gasteiger partial charge in [-0.25, -0.2) is 9.78 Å². The molecule has 1 aromatic heterocycles. The largest absolute Gasteiger partial charge is 0.497 e. The van der Waals surface area contributed by atoms with Gasteiger partial charge in [-0.2, -0.15) is 0 Å². The van der Waals surface area contributed by atoms with Crippen LogP contribution in [0.25, 0.3) is 16.6 Å². The van der Waals surface area contributed by atoms with Gasteiger partial charge in [0, 0.05) is 36.2 Å². The number of aromatic nitrogens is 2. The highest BCUT2D eigenvalue weighted by atomic mass is 79.9. The Balaban J connectivity index is 1.39. The summed E-state index contributed by atoms with van der Waals surface area (Å²) in [5.74, 6) is 1.84. The molecule has 10 heteroatoms. The molecule has 1 saturated heterocycles. The minimum absolute atomic E-state index is 0.0752. The maximum Gasteiger partial charge on any atom is 0.322 e. The lowest BCUT2D eigenvalue weighted by atomic mass is 10.1. The van der Waals surface area contributed by atoms with E-state index in [4.69, 9.17) is 14.5 Å². The fraction of sp³-hybridized carbons (Fsp3) is 0.300. The summed E-state index contributed by atoms with van der Waals surface area (Å²) in [5.41, 5.74) is 1.90. The highest BCUT2D eigenvalue weighted by molar-refractivity contribution is 9.10. The van der Waals surface area contributed by atoms with Gasteiger partial charge in [-0.05, 0) is 62.4 Å². The summed E-state index contributed by atoms with van der Waals surface area (Å²) in [6, 6.07) is 19.9. The first-order valence-corrected chi connectivity index (χ1v) is 13.9. The number of fused-ring (bicyclic) bond motifs is 1. The molecule has 0 bridgehead atoms. The van der Waals surface area contributed by atoms with Crippen molar-refractivity contribution in [2.24, 2.45) is 0 Å². The van der Waals surface area contributed by atoms with E-state index in [2.05, 4.69) is 33.1 Å². The summed E-state index contributed by atoms with van der Waals surface area (Å²) in [6.45, 7) is 5.86. The van der Waals surface area contributed by atoms with Crippen LogP contribution in [0.2, 0.25) is 0 Å². The summed E-state index contributed by atoms with van der Waals surface area (Å²) in [4.78, 5) is 36.0. The molecule has 2 unspecified atom stereocenters. The molecule has 0 spiro atoms. The van der Waals surface area contributed by atoms with Gasteiger partial charge < -0.3 is 19.7 Å². The van der Waals surface area contributed by atoms with Crippen LogP contribution in [0.5, 0.6) is 11.5 Å². The van der Waals surface area contributed by atoms with Crippen molar-refractivity contribution in [2.45, 2.75) is 25.9 Å². The molecule has 0 saturated carbocycles. The van der Waals surface area contributed by atoms with E-state index in [-0.39, 0.29) is 23.7 Å². The number of hydrogen-bond acceptors (Lipinski definition) is 6. The van der Waals surface area contributed by atoms with Crippen molar-refractivity contribution in [2.75, 3.05) is 39.2 Å². The second-order valence-corrected chi connectivity index (χ2v) is 10.7. The number of piperazine rings is 1. The third-order valence-electron chi connectivity index (χ3n) is 7.38. The second kappa shape index (κ2) is 11.7. The van der Waals surface area contributed by atoms with E-state index in [1.807, 2.05) is 60.4 Å². The summed E-state index contributed by atoms with van der Waals surface area (Å²) >= 11 is 3.48. The molecule has 1 N–H and O–H groups in total. The molecule has 0 aliphatic carbocycles. The highest BCUT2D eigenvalue weighted by Gasteiger charge is 2.32. The van der Waals surface area contributed by atoms with E-state index >= 15 is 0 Å². The number of benzene rings is 3. The van der Waals surface area contributed by atoms with Crippen LogP contribution in [-0.2, 0) is 0 Å². The van der Waals surface area contributed by atoms with Crippen LogP contribution in [0.15, 0.2) is 76.0 Å². The minimum atomic E-state index is -0.195. The Morgan fingerprint density at radius 3 is 2.50 bits per heavy atom. The Bertz CT molecular complexity index is 1590. The molecule has 1 aliphatic rings. The number of urea groups is 1. The van der Waals surface area contributed by atoms with Gasteiger partial charge in [0.05, 0.1) is 42.5 Å². The van der Waals surface area contributed by atoms with Crippen LogP contribution < -0.4 is 20.3 Å². The number of halogens is 1. The predicted octanol–water partition coefficient (Wildman–Crippen LogP) is 5.46. The maximum absolute atomic E-state index is 13.7. The number of carbonyl (C=O) groups is 1. The molecule has 9 nitrogen and oxygen atoms in total. The third kappa shape index (κ3) is 5.41. The van der Waals surface area contributed by atoms with E-state index in [1.54, 1.807) is 37.0 Å². The number of ether oxygens (including phenoxy) is 2. The van der Waals surface area contributed by atoms with Gasteiger partial charge in [0.25, 0.3) is 5.56 Å². The average molecular weight is 607 g/mol. The molecule has 208 valence electrons. The molecule has 1 aliphatic heterocycles. The van der Waals surface area contributed by atoms with E-state index in [1.165, 1.54) is 0 Å². The monoisotopic (exact) mass is 605 g/mol. The highest BCUT2D eigenvalue weighted by Crippen LogP contribution is 2.30. The molecule has 4 aromatic rings. The molecule has 3 aromatic carbocycles. The van der Waals surface area contributed by atoms with Crippen LogP contribution in [-0.4, -0.2) is 65.3 Å². The standard InChI is InChI=1S/C30H32BrN5O4/c1-19-18-34(15-16-35(19)30(38)33-26-14-13-23(39-3)17-27(26)40-4)20(2)28-32-25-8-6-5-7-24(25)29(37)36(28)22-11-9-21(31)10-12-22/h5-14,17,19-20H,15-16,18H2,1-4H3,(H,33,38). The second-order valence-electron chi connectivity index (χ2n) is 9.81. The van der Waals surface area contributed by atoms with Gasteiger partial charge in [-0.15, -0.1) is 0 Å². The molecule has 2 amide bonds. The van der Waals surface area contributed by atoms with Gasteiger partial charge >= 0.3 is 6.03 Å².